The molecule has 1 heterocycles. The molecule has 0 N–H and O–H groups in total. The Morgan fingerprint density at radius 1 is 1.39 bits per heavy atom. The largest absolute Gasteiger partial charge is 0.302 e. The summed E-state index contributed by atoms with van der Waals surface area (Å²) in [5, 5.41) is 9.15. The molecule has 0 amide bonds. The molecule has 2 aromatic rings. The molecule has 0 aliphatic heterocycles. The van der Waals surface area contributed by atoms with Crippen molar-refractivity contribution in [2.24, 2.45) is 0 Å². The summed E-state index contributed by atoms with van der Waals surface area (Å²) in [5.41, 5.74) is 2.01. The summed E-state index contributed by atoms with van der Waals surface area (Å²) in [4.78, 5) is 4.63. The van der Waals surface area contributed by atoms with Crippen LogP contribution < -0.4 is 0 Å². The molecule has 0 aliphatic carbocycles. The molecule has 18 heavy (non-hydrogen) atoms. The van der Waals surface area contributed by atoms with Crippen LogP contribution in [0.1, 0.15) is 25.6 Å². The second kappa shape index (κ2) is 5.36. The van der Waals surface area contributed by atoms with E-state index < -0.39 is 0 Å². The number of aryl methyl sites for hydroxylation is 1. The lowest BCUT2D eigenvalue weighted by Gasteiger charge is -2.11. The lowest BCUT2D eigenvalue weighted by molar-refractivity contribution is 0.666. The van der Waals surface area contributed by atoms with E-state index in [0.717, 1.165) is 28.1 Å². The van der Waals surface area contributed by atoms with Gasteiger partial charge in [-0.2, -0.15) is 5.26 Å². The molecule has 92 valence electrons. The first-order valence-electron chi connectivity index (χ1n) is 5.90. The number of nitrogens with zero attached hydrogens (tertiary/aromatic N) is 3. The number of aromatic nitrogens is 2. The smallest absolute Gasteiger partial charge is 0.142 e. The number of benzene rings is 1. The van der Waals surface area contributed by atoms with E-state index in [1.54, 1.807) is 0 Å². The zero-order valence-corrected chi connectivity index (χ0v) is 12.0. The van der Waals surface area contributed by atoms with Crippen LogP contribution in [0.15, 0.2) is 34.9 Å². The number of nitriles is 1. The predicted molar refractivity (Wildman–Crippen MR) is 75.1 cm³/mol. The molecule has 4 heteroatoms. The van der Waals surface area contributed by atoms with Crippen molar-refractivity contribution in [3.63, 3.8) is 0 Å². The Balaban J connectivity index is 2.64. The summed E-state index contributed by atoms with van der Waals surface area (Å²) in [6.45, 7) is 3.93. The van der Waals surface area contributed by atoms with E-state index >= 15 is 0 Å². The van der Waals surface area contributed by atoms with Crippen LogP contribution in [0.4, 0.5) is 0 Å². The normalized spacial score (nSPS) is 12.1. The van der Waals surface area contributed by atoms with Gasteiger partial charge in [0, 0.05) is 5.56 Å². The van der Waals surface area contributed by atoms with E-state index in [1.165, 1.54) is 0 Å². The molecule has 1 aromatic heterocycles. The van der Waals surface area contributed by atoms with Crippen molar-refractivity contribution in [1.29, 1.82) is 5.26 Å². The molecule has 1 atom stereocenters. The molecular weight excluding hydrogens is 290 g/mol. The quantitative estimate of drug-likeness (QED) is 0.861. The highest BCUT2D eigenvalue weighted by Crippen LogP contribution is 2.30. The Morgan fingerprint density at radius 2 is 2.06 bits per heavy atom. The average molecular weight is 304 g/mol. The minimum atomic E-state index is -0.248. The maximum Gasteiger partial charge on any atom is 0.142 e. The molecule has 0 aliphatic rings. The van der Waals surface area contributed by atoms with Crippen molar-refractivity contribution in [3.05, 3.63) is 40.6 Å². The van der Waals surface area contributed by atoms with Gasteiger partial charge >= 0.3 is 0 Å². The topological polar surface area (TPSA) is 41.6 Å². The summed E-state index contributed by atoms with van der Waals surface area (Å²) >= 11 is 3.55. The van der Waals surface area contributed by atoms with Gasteiger partial charge in [0.1, 0.15) is 16.5 Å². The van der Waals surface area contributed by atoms with Crippen molar-refractivity contribution in [1.82, 2.24) is 9.55 Å². The Hall–Kier alpha value is -1.60. The second-order valence-corrected chi connectivity index (χ2v) is 4.82. The second-order valence-electron chi connectivity index (χ2n) is 4.07. The van der Waals surface area contributed by atoms with Crippen LogP contribution >= 0.6 is 15.9 Å². The van der Waals surface area contributed by atoms with Crippen molar-refractivity contribution in [2.45, 2.75) is 26.3 Å². The lowest BCUT2D eigenvalue weighted by atomic mass is 10.2. The highest BCUT2D eigenvalue weighted by atomic mass is 79.9. The molecule has 2 rings (SSSR count). The standard InChI is InChI=1S/C14H14BrN3/c1-3-12-13(15)18(10(2)9-16)14(17-12)11-7-5-4-6-8-11/h4-8,10H,3H2,1-2H3. The van der Waals surface area contributed by atoms with Crippen LogP contribution in [0, 0.1) is 11.3 Å². The maximum atomic E-state index is 9.15. The summed E-state index contributed by atoms with van der Waals surface area (Å²) in [7, 11) is 0. The lowest BCUT2D eigenvalue weighted by Crippen LogP contribution is -2.05. The minimum absolute atomic E-state index is 0.248. The van der Waals surface area contributed by atoms with Gasteiger partial charge in [-0.25, -0.2) is 4.98 Å². The van der Waals surface area contributed by atoms with E-state index in [4.69, 9.17) is 5.26 Å². The molecule has 0 spiro atoms. The molecule has 0 radical (unpaired) electrons. The molecule has 0 fully saturated rings. The molecule has 1 aromatic carbocycles. The fourth-order valence-electron chi connectivity index (χ4n) is 1.89. The monoisotopic (exact) mass is 303 g/mol. The summed E-state index contributed by atoms with van der Waals surface area (Å²) in [6, 6.07) is 12.0. The third-order valence-corrected chi connectivity index (χ3v) is 3.70. The first-order chi connectivity index (χ1) is 8.69. The van der Waals surface area contributed by atoms with Crippen LogP contribution in [0.2, 0.25) is 0 Å². The van der Waals surface area contributed by atoms with Crippen molar-refractivity contribution in [3.8, 4) is 17.5 Å². The Morgan fingerprint density at radius 3 is 2.61 bits per heavy atom. The maximum absolute atomic E-state index is 9.15. The Bertz CT molecular complexity index is 581. The van der Waals surface area contributed by atoms with E-state index in [9.17, 15) is 0 Å². The fraction of sp³-hybridized carbons (Fsp3) is 0.286. The van der Waals surface area contributed by atoms with Gasteiger partial charge in [0.15, 0.2) is 0 Å². The van der Waals surface area contributed by atoms with Crippen LogP contribution in [-0.2, 0) is 6.42 Å². The van der Waals surface area contributed by atoms with E-state index in [2.05, 4.69) is 33.9 Å². The molecule has 0 saturated carbocycles. The Labute approximate surface area is 115 Å². The van der Waals surface area contributed by atoms with E-state index in [-0.39, 0.29) is 6.04 Å². The van der Waals surface area contributed by atoms with Gasteiger partial charge < -0.3 is 4.57 Å². The van der Waals surface area contributed by atoms with Gasteiger partial charge in [0.25, 0.3) is 0 Å². The summed E-state index contributed by atoms with van der Waals surface area (Å²) < 4.78 is 2.84. The average Bonchev–Trinajstić information content (AvgIpc) is 2.76. The SMILES string of the molecule is CCc1nc(-c2ccccc2)n(C(C)C#N)c1Br. The van der Waals surface area contributed by atoms with Crippen molar-refractivity contribution >= 4 is 15.9 Å². The number of rotatable bonds is 3. The van der Waals surface area contributed by atoms with Crippen LogP contribution in [0.3, 0.4) is 0 Å². The van der Waals surface area contributed by atoms with Gasteiger partial charge in [-0.3, -0.25) is 0 Å². The molecule has 0 bridgehead atoms. The third kappa shape index (κ3) is 2.19. The van der Waals surface area contributed by atoms with Gasteiger partial charge in [0.2, 0.25) is 0 Å². The highest BCUT2D eigenvalue weighted by molar-refractivity contribution is 9.10. The zero-order chi connectivity index (χ0) is 13.1. The molecule has 3 nitrogen and oxygen atoms in total. The van der Waals surface area contributed by atoms with Crippen LogP contribution in [0.25, 0.3) is 11.4 Å². The number of hydrogen-bond acceptors (Lipinski definition) is 2. The summed E-state index contributed by atoms with van der Waals surface area (Å²) in [5.74, 6) is 0.841. The van der Waals surface area contributed by atoms with E-state index in [0.29, 0.717) is 0 Å². The molecule has 0 saturated heterocycles. The highest BCUT2D eigenvalue weighted by Gasteiger charge is 2.19. The van der Waals surface area contributed by atoms with Crippen LogP contribution in [0.5, 0.6) is 0 Å². The van der Waals surface area contributed by atoms with Gasteiger partial charge in [0.05, 0.1) is 11.8 Å². The van der Waals surface area contributed by atoms with E-state index in [1.807, 2.05) is 41.8 Å². The first kappa shape index (κ1) is 12.8. The fourth-order valence-corrected chi connectivity index (χ4v) is 2.73. The van der Waals surface area contributed by atoms with Gasteiger partial charge in [-0.1, -0.05) is 37.3 Å². The summed E-state index contributed by atoms with van der Waals surface area (Å²) in [6.07, 6.45) is 0.839. The zero-order valence-electron chi connectivity index (χ0n) is 10.4. The Kier molecular flexibility index (Phi) is 3.83. The number of imidazole rings is 1. The predicted octanol–water partition coefficient (Wildman–Crippen LogP) is 3.96. The minimum Gasteiger partial charge on any atom is -0.302 e. The van der Waals surface area contributed by atoms with Gasteiger partial charge in [-0.05, 0) is 29.3 Å². The van der Waals surface area contributed by atoms with Crippen molar-refractivity contribution < 1.29 is 0 Å². The number of hydrogen-bond donors (Lipinski definition) is 0. The van der Waals surface area contributed by atoms with Crippen LogP contribution in [-0.4, -0.2) is 9.55 Å². The number of halogens is 1. The third-order valence-electron chi connectivity index (χ3n) is 2.86. The van der Waals surface area contributed by atoms with Crippen molar-refractivity contribution in [2.75, 3.05) is 0 Å². The first-order valence-corrected chi connectivity index (χ1v) is 6.70. The van der Waals surface area contributed by atoms with Gasteiger partial charge in [-0.15, -0.1) is 0 Å². The molecule has 1 unspecified atom stereocenters. The molecular formula is C14H14BrN3.